The molecule has 1 aromatic heterocycles. The fourth-order valence-electron chi connectivity index (χ4n) is 4.10. The van der Waals surface area contributed by atoms with Gasteiger partial charge in [0.15, 0.2) is 0 Å². The number of carbonyl (C=O) groups excluding carboxylic acids is 1. The van der Waals surface area contributed by atoms with Crippen molar-refractivity contribution in [3.05, 3.63) is 63.9 Å². The van der Waals surface area contributed by atoms with Crippen LogP contribution in [0.1, 0.15) is 35.2 Å². The summed E-state index contributed by atoms with van der Waals surface area (Å²) in [7, 11) is -0.624. The van der Waals surface area contributed by atoms with Crippen LogP contribution in [-0.2, 0) is 16.6 Å². The molecule has 10 heteroatoms. The molecule has 4 rings (SSSR count). The van der Waals surface area contributed by atoms with Crippen molar-refractivity contribution >= 4 is 26.8 Å². The van der Waals surface area contributed by atoms with E-state index in [1.807, 2.05) is 0 Å². The summed E-state index contributed by atoms with van der Waals surface area (Å²) in [5.41, 5.74) is 0.754. The van der Waals surface area contributed by atoms with Crippen LogP contribution in [0.4, 0.5) is 0 Å². The molecule has 2 N–H and O–H groups in total. The maximum atomic E-state index is 13.1. The van der Waals surface area contributed by atoms with Crippen molar-refractivity contribution in [2.45, 2.75) is 30.7 Å². The number of carbonyl (C=O) groups is 1. The molecule has 1 amide bonds. The zero-order valence-electron chi connectivity index (χ0n) is 19.1. The van der Waals surface area contributed by atoms with E-state index in [2.05, 4.69) is 10.3 Å². The van der Waals surface area contributed by atoms with Gasteiger partial charge in [0.2, 0.25) is 15.6 Å². The lowest BCUT2D eigenvalue weighted by atomic mass is 10.1. The van der Waals surface area contributed by atoms with Crippen LogP contribution in [0.3, 0.4) is 0 Å². The van der Waals surface area contributed by atoms with Crippen LogP contribution in [0, 0.1) is 0 Å². The lowest BCUT2D eigenvalue weighted by molar-refractivity contribution is 0.0952. The zero-order chi connectivity index (χ0) is 24.3. The maximum absolute atomic E-state index is 13.1. The zero-order valence-corrected chi connectivity index (χ0v) is 19.9. The molecule has 9 nitrogen and oxygen atoms in total. The van der Waals surface area contributed by atoms with Gasteiger partial charge in [-0.2, -0.15) is 4.31 Å². The Hall–Kier alpha value is -3.37. The number of hydrogen-bond donors (Lipinski definition) is 2. The molecule has 1 fully saturated rings. The highest BCUT2D eigenvalue weighted by Gasteiger charge is 2.26. The summed E-state index contributed by atoms with van der Waals surface area (Å²) in [4.78, 5) is 28.0. The number of rotatable bonds is 7. The molecule has 1 aliphatic heterocycles. The minimum atomic E-state index is -3.70. The first-order valence-electron chi connectivity index (χ1n) is 11.0. The number of benzene rings is 2. The van der Waals surface area contributed by atoms with Crippen LogP contribution in [0.15, 0.2) is 52.2 Å². The molecular weight excluding hydrogens is 458 g/mol. The van der Waals surface area contributed by atoms with E-state index in [9.17, 15) is 18.0 Å². The molecule has 0 saturated carbocycles. The van der Waals surface area contributed by atoms with Crippen LogP contribution in [0.5, 0.6) is 11.5 Å². The second kappa shape index (κ2) is 9.86. The first kappa shape index (κ1) is 23.8. The number of pyridine rings is 1. The Labute approximate surface area is 197 Å². The number of fused-ring (bicyclic) bond motifs is 1. The van der Waals surface area contributed by atoms with Crippen molar-refractivity contribution in [1.29, 1.82) is 0 Å². The van der Waals surface area contributed by atoms with Gasteiger partial charge < -0.3 is 19.8 Å². The first-order valence-corrected chi connectivity index (χ1v) is 12.4. The summed E-state index contributed by atoms with van der Waals surface area (Å²) in [6, 6.07) is 10.9. The summed E-state index contributed by atoms with van der Waals surface area (Å²) < 4.78 is 38.3. The number of methoxy groups -OCH3 is 2. The van der Waals surface area contributed by atoms with E-state index >= 15 is 0 Å². The molecule has 2 heterocycles. The molecule has 180 valence electrons. The van der Waals surface area contributed by atoms with Gasteiger partial charge >= 0.3 is 0 Å². The van der Waals surface area contributed by atoms with E-state index < -0.39 is 21.5 Å². The van der Waals surface area contributed by atoms with Gasteiger partial charge in [-0.1, -0.05) is 6.42 Å². The van der Waals surface area contributed by atoms with Gasteiger partial charge in [-0.3, -0.25) is 9.59 Å². The number of amides is 1. The SMILES string of the molecule is COc1ccc(CNC(=O)c2cc(=O)[nH]c3ccc(S(=O)(=O)N4CCCCC4)cc23)c(OC)c1. The highest BCUT2D eigenvalue weighted by atomic mass is 32.2. The number of aromatic nitrogens is 1. The third-order valence-electron chi connectivity index (χ3n) is 5.95. The number of aromatic amines is 1. The lowest BCUT2D eigenvalue weighted by Crippen LogP contribution is -2.35. The Morgan fingerprint density at radius 2 is 1.79 bits per heavy atom. The summed E-state index contributed by atoms with van der Waals surface area (Å²) in [5, 5.41) is 3.15. The average Bonchev–Trinajstić information content (AvgIpc) is 2.86. The normalized spacial score (nSPS) is 14.6. The van der Waals surface area contributed by atoms with Crippen LogP contribution >= 0.6 is 0 Å². The van der Waals surface area contributed by atoms with Crippen molar-refractivity contribution in [3.8, 4) is 11.5 Å². The minimum absolute atomic E-state index is 0.0971. The fraction of sp³-hybridized carbons (Fsp3) is 0.333. The number of nitrogens with zero attached hydrogens (tertiary/aromatic N) is 1. The molecule has 1 aliphatic rings. The fourth-order valence-corrected chi connectivity index (χ4v) is 5.65. The summed E-state index contributed by atoms with van der Waals surface area (Å²) >= 11 is 0. The summed E-state index contributed by atoms with van der Waals surface area (Å²) in [5.74, 6) is 0.668. The molecular formula is C24H27N3O6S. The number of hydrogen-bond acceptors (Lipinski definition) is 6. The molecule has 34 heavy (non-hydrogen) atoms. The number of ether oxygens (including phenoxy) is 2. The Morgan fingerprint density at radius 1 is 1.03 bits per heavy atom. The van der Waals surface area contributed by atoms with Crippen LogP contribution in [0.25, 0.3) is 10.9 Å². The van der Waals surface area contributed by atoms with Gasteiger partial charge in [0.1, 0.15) is 11.5 Å². The highest BCUT2D eigenvalue weighted by molar-refractivity contribution is 7.89. The van der Waals surface area contributed by atoms with Gasteiger partial charge in [-0.25, -0.2) is 8.42 Å². The first-order chi connectivity index (χ1) is 16.3. The highest BCUT2D eigenvalue weighted by Crippen LogP contribution is 2.26. The topological polar surface area (TPSA) is 118 Å². The van der Waals surface area contributed by atoms with E-state index in [1.54, 1.807) is 25.3 Å². The van der Waals surface area contributed by atoms with E-state index in [0.717, 1.165) is 24.8 Å². The van der Waals surface area contributed by atoms with Crippen molar-refractivity contribution in [2.75, 3.05) is 27.3 Å². The largest absolute Gasteiger partial charge is 0.497 e. The minimum Gasteiger partial charge on any atom is -0.497 e. The van der Waals surface area contributed by atoms with E-state index in [1.165, 1.54) is 35.7 Å². The third-order valence-corrected chi connectivity index (χ3v) is 7.84. The molecule has 0 aliphatic carbocycles. The number of nitrogens with one attached hydrogen (secondary N) is 2. The Bertz CT molecular complexity index is 1380. The molecule has 0 radical (unpaired) electrons. The van der Waals surface area contributed by atoms with Crippen molar-refractivity contribution < 1.29 is 22.7 Å². The Morgan fingerprint density at radius 3 is 2.50 bits per heavy atom. The molecule has 2 aromatic carbocycles. The number of H-pyrrole nitrogens is 1. The van der Waals surface area contributed by atoms with Gasteiger partial charge in [0.25, 0.3) is 5.91 Å². The smallest absolute Gasteiger partial charge is 0.252 e. The van der Waals surface area contributed by atoms with Crippen LogP contribution in [-0.4, -0.2) is 50.9 Å². The van der Waals surface area contributed by atoms with Gasteiger partial charge in [0, 0.05) is 48.2 Å². The quantitative estimate of drug-likeness (QED) is 0.531. The Kier molecular flexibility index (Phi) is 6.90. The predicted molar refractivity (Wildman–Crippen MR) is 128 cm³/mol. The van der Waals surface area contributed by atoms with Gasteiger partial charge in [0.05, 0.1) is 24.7 Å². The Balaban J connectivity index is 1.66. The van der Waals surface area contributed by atoms with Crippen molar-refractivity contribution in [3.63, 3.8) is 0 Å². The molecule has 0 bridgehead atoms. The number of piperidine rings is 1. The van der Waals surface area contributed by atoms with Gasteiger partial charge in [-0.05, 0) is 43.2 Å². The lowest BCUT2D eigenvalue weighted by Gasteiger charge is -2.26. The molecule has 1 saturated heterocycles. The second-order valence-corrected chi connectivity index (χ2v) is 10.0. The second-order valence-electron chi connectivity index (χ2n) is 8.08. The third kappa shape index (κ3) is 4.78. The number of sulfonamides is 1. The van der Waals surface area contributed by atoms with Crippen molar-refractivity contribution in [2.24, 2.45) is 0 Å². The molecule has 0 unspecified atom stereocenters. The van der Waals surface area contributed by atoms with E-state index in [-0.39, 0.29) is 17.0 Å². The van der Waals surface area contributed by atoms with E-state index in [0.29, 0.717) is 35.5 Å². The maximum Gasteiger partial charge on any atom is 0.252 e. The van der Waals surface area contributed by atoms with Gasteiger partial charge in [-0.15, -0.1) is 0 Å². The summed E-state index contributed by atoms with van der Waals surface area (Å²) in [6.45, 7) is 1.10. The monoisotopic (exact) mass is 485 g/mol. The molecule has 3 aromatic rings. The average molecular weight is 486 g/mol. The summed E-state index contributed by atoms with van der Waals surface area (Å²) in [6.07, 6.45) is 2.65. The van der Waals surface area contributed by atoms with Crippen LogP contribution in [0.2, 0.25) is 0 Å². The van der Waals surface area contributed by atoms with E-state index in [4.69, 9.17) is 9.47 Å². The molecule has 0 spiro atoms. The van der Waals surface area contributed by atoms with Crippen molar-refractivity contribution in [1.82, 2.24) is 14.6 Å². The van der Waals surface area contributed by atoms with Crippen LogP contribution < -0.4 is 20.3 Å². The standard InChI is InChI=1S/C24H27N3O6S/c1-32-17-7-6-16(22(12-17)33-2)15-25-24(29)20-14-23(28)26-21-9-8-18(13-19(20)21)34(30,31)27-10-4-3-5-11-27/h6-9,12-14H,3-5,10-11,15H2,1-2H3,(H,25,29)(H,26,28). The predicted octanol–water partition coefficient (Wildman–Crippen LogP) is 2.65. The molecule has 0 atom stereocenters.